The minimum absolute atomic E-state index is 0.142. The number of thioether (sulfide) groups is 1. The molecule has 31 heavy (non-hydrogen) atoms. The monoisotopic (exact) mass is 448 g/mol. The van der Waals surface area contributed by atoms with Crippen molar-refractivity contribution in [3.63, 3.8) is 0 Å². The fourth-order valence-electron chi connectivity index (χ4n) is 2.93. The third-order valence-corrected chi connectivity index (χ3v) is 5.27. The fraction of sp³-hybridized carbons (Fsp3) is 0.550. The van der Waals surface area contributed by atoms with Crippen molar-refractivity contribution >= 4 is 35.3 Å². The first-order valence-corrected chi connectivity index (χ1v) is 11.2. The second-order valence-electron chi connectivity index (χ2n) is 8.13. The Bertz CT molecular complexity index is 888. The van der Waals surface area contributed by atoms with Crippen molar-refractivity contribution in [1.29, 1.82) is 0 Å². The molecule has 3 rings (SSSR count). The number of carbonyl (C=O) groups is 2. The molecule has 0 aromatic carbocycles. The molecule has 0 aliphatic carbocycles. The fourth-order valence-corrected chi connectivity index (χ4v) is 3.59. The Balaban J connectivity index is 1.41. The van der Waals surface area contributed by atoms with Gasteiger partial charge < -0.3 is 24.4 Å². The number of aryl methyl sites for hydroxylation is 1. The number of aromatic nitrogens is 3. The third kappa shape index (κ3) is 7.12. The van der Waals surface area contributed by atoms with Gasteiger partial charge in [-0.05, 0) is 32.9 Å². The van der Waals surface area contributed by atoms with Gasteiger partial charge in [0.1, 0.15) is 11.4 Å². The molecule has 0 spiro atoms. The van der Waals surface area contributed by atoms with Crippen molar-refractivity contribution < 1.29 is 18.8 Å². The van der Waals surface area contributed by atoms with Crippen molar-refractivity contribution in [1.82, 2.24) is 20.0 Å². The average molecular weight is 449 g/mol. The summed E-state index contributed by atoms with van der Waals surface area (Å²) < 4.78 is 10.3. The SMILES string of the molecule is Cc1nc(CSCC(=O)Nc2ccc(N3CCN(C(=O)OC(C)(C)C)CC3)cn2)no1. The van der Waals surface area contributed by atoms with Crippen LogP contribution in [0.2, 0.25) is 0 Å². The van der Waals surface area contributed by atoms with Crippen LogP contribution in [0.5, 0.6) is 0 Å². The molecular formula is C20H28N6O4S. The molecule has 2 amide bonds. The van der Waals surface area contributed by atoms with Crippen LogP contribution >= 0.6 is 11.8 Å². The molecule has 1 saturated heterocycles. The smallest absolute Gasteiger partial charge is 0.410 e. The number of nitrogens with one attached hydrogen (secondary N) is 1. The van der Waals surface area contributed by atoms with Crippen LogP contribution in [0.3, 0.4) is 0 Å². The molecule has 0 radical (unpaired) electrons. The highest BCUT2D eigenvalue weighted by molar-refractivity contribution is 7.99. The van der Waals surface area contributed by atoms with E-state index in [0.29, 0.717) is 49.5 Å². The number of ether oxygens (including phenoxy) is 1. The Labute approximate surface area is 185 Å². The van der Waals surface area contributed by atoms with E-state index in [2.05, 4.69) is 25.3 Å². The van der Waals surface area contributed by atoms with Gasteiger partial charge in [0.25, 0.3) is 0 Å². The molecule has 1 N–H and O–H groups in total. The highest BCUT2D eigenvalue weighted by Crippen LogP contribution is 2.19. The van der Waals surface area contributed by atoms with Gasteiger partial charge in [-0.2, -0.15) is 4.98 Å². The predicted molar refractivity (Wildman–Crippen MR) is 118 cm³/mol. The Morgan fingerprint density at radius 2 is 1.97 bits per heavy atom. The minimum atomic E-state index is -0.497. The van der Waals surface area contributed by atoms with E-state index in [1.54, 1.807) is 24.1 Å². The topological polar surface area (TPSA) is 114 Å². The van der Waals surface area contributed by atoms with Gasteiger partial charge in [0.05, 0.1) is 23.4 Å². The molecule has 2 aromatic heterocycles. The van der Waals surface area contributed by atoms with Crippen LogP contribution in [0.1, 0.15) is 32.5 Å². The zero-order chi connectivity index (χ0) is 22.4. The van der Waals surface area contributed by atoms with Crippen molar-refractivity contribution in [3.8, 4) is 0 Å². The summed E-state index contributed by atoms with van der Waals surface area (Å²) in [5, 5.41) is 6.58. The molecule has 0 saturated carbocycles. The maximum absolute atomic E-state index is 12.2. The number of anilines is 2. The average Bonchev–Trinajstić information content (AvgIpc) is 3.12. The van der Waals surface area contributed by atoms with Gasteiger partial charge >= 0.3 is 6.09 Å². The lowest BCUT2D eigenvalue weighted by Gasteiger charge is -2.36. The standard InChI is InChI=1S/C20H28N6O4S/c1-14-22-17(24-30-14)12-31-13-18(27)23-16-6-5-15(11-21-16)25-7-9-26(10-8-25)19(28)29-20(2,3)4/h5-6,11H,7-10,12-13H2,1-4H3,(H,21,23,27). The van der Waals surface area contributed by atoms with Crippen LogP contribution < -0.4 is 10.2 Å². The van der Waals surface area contributed by atoms with E-state index in [-0.39, 0.29) is 17.8 Å². The maximum atomic E-state index is 12.2. The van der Waals surface area contributed by atoms with Crippen LogP contribution in [0, 0.1) is 6.92 Å². The van der Waals surface area contributed by atoms with E-state index in [4.69, 9.17) is 9.26 Å². The lowest BCUT2D eigenvalue weighted by atomic mass is 10.2. The number of piperazine rings is 1. The van der Waals surface area contributed by atoms with Gasteiger partial charge in [0.15, 0.2) is 5.82 Å². The number of pyridine rings is 1. The maximum Gasteiger partial charge on any atom is 0.410 e. The molecule has 1 aliphatic heterocycles. The van der Waals surface area contributed by atoms with E-state index in [1.165, 1.54) is 11.8 Å². The first kappa shape index (κ1) is 22.9. The quantitative estimate of drug-likeness (QED) is 0.712. The molecule has 2 aromatic rings. The summed E-state index contributed by atoms with van der Waals surface area (Å²) in [6.45, 7) is 9.87. The molecule has 0 atom stereocenters. The number of nitrogens with zero attached hydrogens (tertiary/aromatic N) is 5. The lowest BCUT2D eigenvalue weighted by molar-refractivity contribution is -0.113. The van der Waals surface area contributed by atoms with Crippen molar-refractivity contribution in [2.75, 3.05) is 42.1 Å². The molecular weight excluding hydrogens is 420 g/mol. The predicted octanol–water partition coefficient (Wildman–Crippen LogP) is 2.70. The lowest BCUT2D eigenvalue weighted by Crippen LogP contribution is -2.50. The minimum Gasteiger partial charge on any atom is -0.444 e. The molecule has 168 valence electrons. The number of rotatable bonds is 6. The highest BCUT2D eigenvalue weighted by Gasteiger charge is 2.26. The summed E-state index contributed by atoms with van der Waals surface area (Å²) in [7, 11) is 0. The number of hydrogen-bond acceptors (Lipinski definition) is 9. The molecule has 3 heterocycles. The van der Waals surface area contributed by atoms with Gasteiger partial charge in [0.2, 0.25) is 11.8 Å². The largest absolute Gasteiger partial charge is 0.444 e. The Kier molecular flexibility index (Phi) is 7.37. The first-order chi connectivity index (χ1) is 14.7. The third-order valence-electron chi connectivity index (χ3n) is 4.35. The van der Waals surface area contributed by atoms with Crippen LogP contribution in [0.15, 0.2) is 22.9 Å². The Morgan fingerprint density at radius 1 is 1.23 bits per heavy atom. The number of carbonyl (C=O) groups excluding carboxylic acids is 2. The van der Waals surface area contributed by atoms with Crippen LogP contribution in [-0.2, 0) is 15.3 Å². The highest BCUT2D eigenvalue weighted by atomic mass is 32.2. The summed E-state index contributed by atoms with van der Waals surface area (Å²) in [6, 6.07) is 3.70. The van der Waals surface area contributed by atoms with E-state index < -0.39 is 5.60 Å². The van der Waals surface area contributed by atoms with Crippen molar-refractivity contribution in [2.24, 2.45) is 0 Å². The van der Waals surface area contributed by atoms with Crippen LogP contribution in [0.25, 0.3) is 0 Å². The first-order valence-electron chi connectivity index (χ1n) is 10.1. The second kappa shape index (κ2) is 9.99. The van der Waals surface area contributed by atoms with E-state index in [9.17, 15) is 9.59 Å². The van der Waals surface area contributed by atoms with Gasteiger partial charge in [-0.25, -0.2) is 9.78 Å². The zero-order valence-corrected chi connectivity index (χ0v) is 19.1. The van der Waals surface area contributed by atoms with E-state index in [0.717, 1.165) is 5.69 Å². The Hall–Kier alpha value is -2.82. The summed E-state index contributed by atoms with van der Waals surface area (Å²) in [5.41, 5.74) is 0.451. The number of hydrogen-bond donors (Lipinski definition) is 1. The molecule has 10 nitrogen and oxygen atoms in total. The van der Waals surface area contributed by atoms with E-state index >= 15 is 0 Å². The van der Waals surface area contributed by atoms with Crippen LogP contribution in [0.4, 0.5) is 16.3 Å². The van der Waals surface area contributed by atoms with Crippen molar-refractivity contribution in [2.45, 2.75) is 39.0 Å². The molecule has 11 heteroatoms. The zero-order valence-electron chi connectivity index (χ0n) is 18.3. The molecule has 0 unspecified atom stereocenters. The van der Waals surface area contributed by atoms with Gasteiger partial charge in [-0.3, -0.25) is 4.79 Å². The molecule has 0 bridgehead atoms. The summed E-state index contributed by atoms with van der Waals surface area (Å²) >= 11 is 1.40. The van der Waals surface area contributed by atoms with Gasteiger partial charge in [-0.15, -0.1) is 11.8 Å². The second-order valence-corrected chi connectivity index (χ2v) is 9.11. The molecule has 1 fully saturated rings. The van der Waals surface area contributed by atoms with E-state index in [1.807, 2.05) is 26.8 Å². The van der Waals surface area contributed by atoms with Crippen LogP contribution in [-0.4, -0.2) is 69.6 Å². The normalized spacial score (nSPS) is 14.5. The van der Waals surface area contributed by atoms with Gasteiger partial charge in [0, 0.05) is 33.1 Å². The van der Waals surface area contributed by atoms with Gasteiger partial charge in [-0.1, -0.05) is 5.16 Å². The molecule has 1 aliphatic rings. The summed E-state index contributed by atoms with van der Waals surface area (Å²) in [6.07, 6.45) is 1.45. The van der Waals surface area contributed by atoms with Crippen molar-refractivity contribution in [3.05, 3.63) is 30.0 Å². The summed E-state index contributed by atoms with van der Waals surface area (Å²) in [5.74, 6) is 2.21. The summed E-state index contributed by atoms with van der Waals surface area (Å²) in [4.78, 5) is 36.6. The Morgan fingerprint density at radius 3 is 2.55 bits per heavy atom. The number of amides is 2.